The van der Waals surface area contributed by atoms with E-state index in [1.807, 2.05) is 6.92 Å². The fraction of sp³-hybridized carbons (Fsp3) is 0.393. The van der Waals surface area contributed by atoms with E-state index in [2.05, 4.69) is 55.8 Å². The lowest BCUT2D eigenvalue weighted by atomic mass is 9.70. The molecule has 35 heavy (non-hydrogen) atoms. The van der Waals surface area contributed by atoms with Crippen LogP contribution in [0.15, 0.2) is 52.5 Å². The molecular weight excluding hydrogens is 460 g/mol. The molecule has 4 rings (SSSR count). The second-order valence-electron chi connectivity index (χ2n) is 10.1. The zero-order chi connectivity index (χ0) is 25.5. The summed E-state index contributed by atoms with van der Waals surface area (Å²) in [5.74, 6) is 1.59. The summed E-state index contributed by atoms with van der Waals surface area (Å²) in [4.78, 5) is 2.66. The van der Waals surface area contributed by atoms with E-state index in [9.17, 15) is 8.42 Å². The van der Waals surface area contributed by atoms with Crippen LogP contribution in [0.2, 0.25) is 0 Å². The van der Waals surface area contributed by atoms with E-state index in [0.717, 1.165) is 39.4 Å². The summed E-state index contributed by atoms with van der Waals surface area (Å²) >= 11 is 0. The molecule has 3 aromatic carbocycles. The zero-order valence-corrected chi connectivity index (χ0v) is 22.3. The number of hydrogen-bond donors (Lipinski definition) is 1. The van der Waals surface area contributed by atoms with Gasteiger partial charge in [-0.05, 0) is 60.2 Å². The molecular formula is C28H34N2O4S. The van der Waals surface area contributed by atoms with Gasteiger partial charge in [-0.3, -0.25) is 0 Å². The number of rotatable bonds is 6. The third-order valence-corrected chi connectivity index (χ3v) is 8.14. The molecule has 0 aliphatic heterocycles. The minimum absolute atomic E-state index is 0.104. The standard InChI is InChI=1S/C28H34N2O4S/c1-17(2)21-16-19-10-13-22-25(24(19)27(34-7)26(21)33-6)23(14-15-28(22,4)5)29-30-35(31,32)20-11-8-18(3)9-12-20/h8-13,16-17,30H,14-15H2,1-7H3/b29-23+. The Morgan fingerprint density at radius 2 is 1.66 bits per heavy atom. The molecule has 0 aromatic heterocycles. The molecule has 0 unspecified atom stereocenters. The lowest BCUT2D eigenvalue weighted by Crippen LogP contribution is -2.30. The number of nitrogens with one attached hydrogen (secondary N) is 1. The third kappa shape index (κ3) is 4.49. The SMILES string of the molecule is COc1c(C(C)C)cc2ccc3c(c2c1OC)/C(=N/NS(=O)(=O)c1ccc(C)cc1)CCC3(C)C. The van der Waals surface area contributed by atoms with Crippen LogP contribution < -0.4 is 14.3 Å². The average molecular weight is 495 g/mol. The van der Waals surface area contributed by atoms with Crippen molar-refractivity contribution in [2.24, 2.45) is 5.10 Å². The maximum atomic E-state index is 13.0. The molecule has 1 aliphatic carbocycles. The van der Waals surface area contributed by atoms with Gasteiger partial charge in [0.2, 0.25) is 0 Å². The van der Waals surface area contributed by atoms with Gasteiger partial charge in [-0.2, -0.15) is 18.4 Å². The van der Waals surface area contributed by atoms with Crippen molar-refractivity contribution < 1.29 is 17.9 Å². The van der Waals surface area contributed by atoms with E-state index in [4.69, 9.17) is 9.47 Å². The number of hydrazone groups is 1. The predicted octanol–water partition coefficient (Wildman–Crippen LogP) is 6.04. The molecule has 186 valence electrons. The zero-order valence-electron chi connectivity index (χ0n) is 21.5. The van der Waals surface area contributed by atoms with Gasteiger partial charge in [0.05, 0.1) is 24.8 Å². The first-order chi connectivity index (χ1) is 16.5. The number of nitrogens with zero attached hydrogens (tertiary/aromatic N) is 1. The molecule has 0 atom stereocenters. The first-order valence-corrected chi connectivity index (χ1v) is 13.4. The van der Waals surface area contributed by atoms with Gasteiger partial charge in [0, 0.05) is 16.5 Å². The van der Waals surface area contributed by atoms with Gasteiger partial charge in [0.15, 0.2) is 11.5 Å². The highest BCUT2D eigenvalue weighted by atomic mass is 32.2. The van der Waals surface area contributed by atoms with Crippen molar-refractivity contribution in [2.75, 3.05) is 14.2 Å². The number of ether oxygens (including phenoxy) is 2. The molecule has 0 spiro atoms. The molecule has 0 saturated carbocycles. The fourth-order valence-electron chi connectivity index (χ4n) is 4.85. The summed E-state index contributed by atoms with van der Waals surface area (Å²) in [6, 6.07) is 13.1. The average Bonchev–Trinajstić information content (AvgIpc) is 2.82. The molecule has 1 N–H and O–H groups in total. The monoisotopic (exact) mass is 494 g/mol. The maximum absolute atomic E-state index is 13.0. The first kappa shape index (κ1) is 25.0. The minimum atomic E-state index is -3.80. The summed E-state index contributed by atoms with van der Waals surface area (Å²) in [6.07, 6.45) is 1.48. The molecule has 0 heterocycles. The smallest absolute Gasteiger partial charge is 0.276 e. The lowest BCUT2D eigenvalue weighted by Gasteiger charge is -2.34. The number of aryl methyl sites for hydroxylation is 1. The van der Waals surface area contributed by atoms with Crippen LogP contribution >= 0.6 is 0 Å². The van der Waals surface area contributed by atoms with E-state index < -0.39 is 10.0 Å². The van der Waals surface area contributed by atoms with Crippen LogP contribution in [0.25, 0.3) is 10.8 Å². The highest BCUT2D eigenvalue weighted by molar-refractivity contribution is 7.89. The van der Waals surface area contributed by atoms with Crippen molar-refractivity contribution in [3.8, 4) is 11.5 Å². The van der Waals surface area contributed by atoms with E-state index in [1.165, 1.54) is 0 Å². The van der Waals surface area contributed by atoms with Crippen molar-refractivity contribution in [2.45, 2.75) is 63.7 Å². The van der Waals surface area contributed by atoms with Crippen molar-refractivity contribution in [3.05, 3.63) is 64.7 Å². The van der Waals surface area contributed by atoms with E-state index in [1.54, 1.807) is 38.5 Å². The summed E-state index contributed by atoms with van der Waals surface area (Å²) < 4.78 is 37.7. The molecule has 7 heteroatoms. The summed E-state index contributed by atoms with van der Waals surface area (Å²) in [5, 5.41) is 6.39. The molecule has 0 fully saturated rings. The predicted molar refractivity (Wildman–Crippen MR) is 141 cm³/mol. The highest BCUT2D eigenvalue weighted by Gasteiger charge is 2.34. The van der Waals surface area contributed by atoms with Gasteiger partial charge in [0.25, 0.3) is 10.0 Å². The van der Waals surface area contributed by atoms with Crippen LogP contribution in [0.1, 0.15) is 68.7 Å². The number of methoxy groups -OCH3 is 2. The second-order valence-corrected chi connectivity index (χ2v) is 11.8. The van der Waals surface area contributed by atoms with Gasteiger partial charge in [-0.25, -0.2) is 0 Å². The largest absolute Gasteiger partial charge is 0.493 e. The summed E-state index contributed by atoms with van der Waals surface area (Å²) in [7, 11) is -0.504. The van der Waals surface area contributed by atoms with Crippen molar-refractivity contribution in [1.29, 1.82) is 0 Å². The van der Waals surface area contributed by atoms with Gasteiger partial charge < -0.3 is 9.47 Å². The van der Waals surface area contributed by atoms with Crippen LogP contribution in [0.4, 0.5) is 0 Å². The molecule has 3 aromatic rings. The van der Waals surface area contributed by atoms with E-state index in [-0.39, 0.29) is 16.2 Å². The summed E-state index contributed by atoms with van der Waals surface area (Å²) in [6.45, 7) is 10.6. The second kappa shape index (κ2) is 9.19. The quantitative estimate of drug-likeness (QED) is 0.424. The Morgan fingerprint density at radius 3 is 2.26 bits per heavy atom. The van der Waals surface area contributed by atoms with Gasteiger partial charge in [-0.1, -0.05) is 57.5 Å². The van der Waals surface area contributed by atoms with Crippen LogP contribution in [0, 0.1) is 6.92 Å². The Labute approximate surface area is 208 Å². The lowest BCUT2D eigenvalue weighted by molar-refractivity contribution is 0.354. The van der Waals surface area contributed by atoms with Crippen molar-refractivity contribution in [1.82, 2.24) is 4.83 Å². The number of sulfonamides is 1. The first-order valence-electron chi connectivity index (χ1n) is 11.9. The topological polar surface area (TPSA) is 77.0 Å². The maximum Gasteiger partial charge on any atom is 0.276 e. The Balaban J connectivity index is 1.95. The minimum Gasteiger partial charge on any atom is -0.493 e. The Hall–Kier alpha value is -3.06. The molecule has 0 amide bonds. The highest BCUT2D eigenvalue weighted by Crippen LogP contribution is 2.48. The Kier molecular flexibility index (Phi) is 6.58. The molecule has 0 bridgehead atoms. The number of fused-ring (bicyclic) bond motifs is 3. The van der Waals surface area contributed by atoms with E-state index >= 15 is 0 Å². The van der Waals surface area contributed by atoms with Crippen LogP contribution in [0.5, 0.6) is 11.5 Å². The number of benzene rings is 3. The Morgan fingerprint density at radius 1 is 1.00 bits per heavy atom. The van der Waals surface area contributed by atoms with Crippen molar-refractivity contribution in [3.63, 3.8) is 0 Å². The number of hydrogen-bond acceptors (Lipinski definition) is 5. The molecule has 6 nitrogen and oxygen atoms in total. The third-order valence-electron chi connectivity index (χ3n) is 6.91. The van der Waals surface area contributed by atoms with Gasteiger partial charge in [0.1, 0.15) is 0 Å². The molecule has 1 aliphatic rings. The molecule has 0 saturated heterocycles. The normalized spacial score (nSPS) is 16.4. The Bertz CT molecular complexity index is 1410. The van der Waals surface area contributed by atoms with Gasteiger partial charge >= 0.3 is 0 Å². The van der Waals surface area contributed by atoms with Crippen LogP contribution in [-0.4, -0.2) is 28.3 Å². The van der Waals surface area contributed by atoms with Gasteiger partial charge in [-0.15, -0.1) is 0 Å². The van der Waals surface area contributed by atoms with Crippen molar-refractivity contribution >= 4 is 26.5 Å². The molecule has 0 radical (unpaired) electrons. The van der Waals surface area contributed by atoms with Crippen LogP contribution in [-0.2, 0) is 15.4 Å². The van der Waals surface area contributed by atoms with E-state index in [0.29, 0.717) is 23.6 Å². The fourth-order valence-corrected chi connectivity index (χ4v) is 5.68. The van der Waals surface area contributed by atoms with Crippen LogP contribution in [0.3, 0.4) is 0 Å². The summed E-state index contributed by atoms with van der Waals surface area (Å²) in [5.41, 5.74) is 4.67.